The van der Waals surface area contributed by atoms with Crippen LogP contribution in [0.15, 0.2) is 12.2 Å². The molecule has 0 aliphatic heterocycles. The van der Waals surface area contributed by atoms with Gasteiger partial charge in [0.15, 0.2) is 0 Å². The second-order valence-corrected chi connectivity index (χ2v) is 6.64. The van der Waals surface area contributed by atoms with Gasteiger partial charge in [0, 0.05) is 12.0 Å². The van der Waals surface area contributed by atoms with Gasteiger partial charge in [-0.05, 0) is 6.42 Å². The average molecular weight is 568 g/mol. The number of halogens is 19. The third-order valence-corrected chi connectivity index (χ3v) is 4.29. The van der Waals surface area contributed by atoms with Gasteiger partial charge in [0.1, 0.15) is 0 Å². The summed E-state index contributed by atoms with van der Waals surface area (Å²) < 4.78 is 249. The largest absolute Gasteiger partial charge is 0.478 e. The minimum atomic E-state index is -9.08. The minimum absolute atomic E-state index is 1.51. The van der Waals surface area contributed by atoms with Crippen molar-refractivity contribution in [3.05, 3.63) is 12.2 Å². The molecule has 0 heterocycles. The first kappa shape index (κ1) is 32.9. The molecule has 0 unspecified atom stereocenters. The van der Waals surface area contributed by atoms with Crippen LogP contribution < -0.4 is 0 Å². The van der Waals surface area contributed by atoms with Crippen LogP contribution >= 0.6 is 0 Å². The molecule has 0 saturated heterocycles. The zero-order valence-corrected chi connectivity index (χ0v) is 15.7. The Morgan fingerprint density at radius 1 is 0.543 bits per heavy atom. The summed E-state index contributed by atoms with van der Waals surface area (Å²) in [4.78, 5) is 10.3. The van der Waals surface area contributed by atoms with Crippen LogP contribution in [-0.4, -0.2) is 64.6 Å². The summed E-state index contributed by atoms with van der Waals surface area (Å²) in [5, 5.41) is 8.27. The van der Waals surface area contributed by atoms with Crippen molar-refractivity contribution in [3.8, 4) is 0 Å². The standard InChI is InChI=1S/C14H7F19O2/c1-4(5(34)35)2-3-6(15,16)8(18,19)10(22,23)12(26,27)11(24,25)9(20,21)7(17,13(28,29)30)14(31,32)33/h1-3H2,(H,34,35). The van der Waals surface area contributed by atoms with Gasteiger partial charge in [-0.15, -0.1) is 0 Å². The zero-order chi connectivity index (χ0) is 29.1. The number of carbonyl (C=O) groups is 1. The first-order chi connectivity index (χ1) is 14.8. The molecule has 0 aliphatic carbocycles. The van der Waals surface area contributed by atoms with E-state index in [1.54, 1.807) is 0 Å². The van der Waals surface area contributed by atoms with Crippen molar-refractivity contribution in [2.75, 3.05) is 0 Å². The molecule has 2 nitrogen and oxygen atoms in total. The van der Waals surface area contributed by atoms with Gasteiger partial charge in [-0.3, -0.25) is 0 Å². The summed E-state index contributed by atoms with van der Waals surface area (Å²) in [6.07, 6.45) is -21.6. The van der Waals surface area contributed by atoms with Crippen molar-refractivity contribution >= 4 is 5.97 Å². The molecule has 0 bridgehead atoms. The number of hydrogen-bond donors (Lipinski definition) is 1. The van der Waals surface area contributed by atoms with Crippen molar-refractivity contribution in [2.24, 2.45) is 0 Å². The summed E-state index contributed by atoms with van der Waals surface area (Å²) in [6.45, 7) is 2.41. The lowest BCUT2D eigenvalue weighted by molar-refractivity contribution is -0.472. The molecule has 0 rings (SSSR count). The first-order valence-corrected chi connectivity index (χ1v) is 7.83. The lowest BCUT2D eigenvalue weighted by atomic mass is 9.83. The van der Waals surface area contributed by atoms with Gasteiger partial charge < -0.3 is 5.11 Å². The van der Waals surface area contributed by atoms with Gasteiger partial charge in [-0.2, -0.15) is 79.0 Å². The molecule has 0 atom stereocenters. The fourth-order valence-electron chi connectivity index (χ4n) is 2.13. The van der Waals surface area contributed by atoms with Crippen LogP contribution in [0.2, 0.25) is 0 Å². The van der Waals surface area contributed by atoms with Crippen LogP contribution in [0.1, 0.15) is 12.8 Å². The van der Waals surface area contributed by atoms with E-state index in [4.69, 9.17) is 5.11 Å². The number of alkyl halides is 19. The number of hydrogen-bond acceptors (Lipinski definition) is 1. The SMILES string of the molecule is C=C(CCC(F)(F)C(F)(F)C(F)(F)C(F)(F)C(F)(F)C(F)(F)C(F)(C(F)(F)F)C(F)(F)F)C(=O)O. The Balaban J connectivity index is 6.89. The van der Waals surface area contributed by atoms with Crippen molar-refractivity contribution in [1.82, 2.24) is 0 Å². The molecule has 0 aromatic carbocycles. The van der Waals surface area contributed by atoms with Gasteiger partial charge >= 0.3 is 59.5 Å². The van der Waals surface area contributed by atoms with E-state index in [0.717, 1.165) is 0 Å². The summed E-state index contributed by atoms with van der Waals surface area (Å²) in [5.41, 5.74) is -10.3. The molecule has 21 heteroatoms. The smallest absolute Gasteiger partial charge is 0.438 e. The van der Waals surface area contributed by atoms with Gasteiger partial charge in [0.2, 0.25) is 0 Å². The molecular weight excluding hydrogens is 561 g/mol. The third-order valence-electron chi connectivity index (χ3n) is 4.29. The van der Waals surface area contributed by atoms with Gasteiger partial charge in [0.25, 0.3) is 0 Å². The van der Waals surface area contributed by atoms with E-state index in [-0.39, 0.29) is 0 Å². The fourth-order valence-corrected chi connectivity index (χ4v) is 2.13. The molecule has 0 aromatic heterocycles. The Morgan fingerprint density at radius 3 is 1.11 bits per heavy atom. The Labute approximate surface area is 179 Å². The van der Waals surface area contributed by atoms with E-state index in [2.05, 4.69) is 6.58 Å². The molecule has 0 spiro atoms. The molecule has 1 N–H and O–H groups in total. The van der Waals surface area contributed by atoms with Crippen LogP contribution in [0, 0.1) is 0 Å². The van der Waals surface area contributed by atoms with E-state index in [1.807, 2.05) is 0 Å². The maximum atomic E-state index is 13.5. The van der Waals surface area contributed by atoms with Crippen molar-refractivity contribution < 1.29 is 93.3 Å². The topological polar surface area (TPSA) is 37.3 Å². The quantitative estimate of drug-likeness (QED) is 0.227. The highest BCUT2D eigenvalue weighted by atomic mass is 19.4. The summed E-state index contributed by atoms with van der Waals surface area (Å²) >= 11 is 0. The predicted molar refractivity (Wildman–Crippen MR) is 71.6 cm³/mol. The maximum Gasteiger partial charge on any atom is 0.438 e. The van der Waals surface area contributed by atoms with E-state index < -0.39 is 77.9 Å². The fraction of sp³-hybridized carbons (Fsp3) is 0.786. The molecule has 35 heavy (non-hydrogen) atoms. The Morgan fingerprint density at radius 2 is 0.829 bits per heavy atom. The lowest BCUT2D eigenvalue weighted by Gasteiger charge is -2.45. The highest BCUT2D eigenvalue weighted by Crippen LogP contribution is 2.66. The van der Waals surface area contributed by atoms with Gasteiger partial charge in [-0.25, -0.2) is 9.18 Å². The molecule has 0 aromatic rings. The molecule has 0 radical (unpaired) electrons. The normalized spacial score (nSPS) is 15.9. The lowest BCUT2D eigenvalue weighted by Crippen LogP contribution is -2.77. The average Bonchev–Trinajstić information content (AvgIpc) is 2.62. The molecule has 0 fully saturated rings. The van der Waals surface area contributed by atoms with Crippen LogP contribution in [0.3, 0.4) is 0 Å². The molecule has 208 valence electrons. The highest BCUT2D eigenvalue weighted by Gasteiger charge is 2.98. The van der Waals surface area contributed by atoms with E-state index in [9.17, 15) is 88.2 Å². The number of aliphatic carboxylic acids is 1. The second kappa shape index (κ2) is 8.48. The third kappa shape index (κ3) is 4.46. The first-order valence-electron chi connectivity index (χ1n) is 7.83. The van der Waals surface area contributed by atoms with Crippen LogP contribution in [0.25, 0.3) is 0 Å². The van der Waals surface area contributed by atoms with E-state index >= 15 is 0 Å². The number of carboxylic acids is 1. The Kier molecular flexibility index (Phi) is 7.96. The van der Waals surface area contributed by atoms with Gasteiger partial charge in [0.05, 0.1) is 0 Å². The van der Waals surface area contributed by atoms with Gasteiger partial charge in [-0.1, -0.05) is 6.58 Å². The molecule has 0 amide bonds. The highest BCUT2D eigenvalue weighted by molar-refractivity contribution is 5.85. The van der Waals surface area contributed by atoms with Crippen LogP contribution in [-0.2, 0) is 4.79 Å². The van der Waals surface area contributed by atoms with Crippen molar-refractivity contribution in [2.45, 2.75) is 66.4 Å². The molecule has 0 aliphatic rings. The Bertz CT molecular complexity index is 804. The molecular formula is C14H7F19O2. The zero-order valence-electron chi connectivity index (χ0n) is 15.7. The van der Waals surface area contributed by atoms with Crippen LogP contribution in [0.4, 0.5) is 83.4 Å². The second-order valence-electron chi connectivity index (χ2n) is 6.64. The minimum Gasteiger partial charge on any atom is -0.478 e. The summed E-state index contributed by atoms with van der Waals surface area (Å²) in [5.74, 6) is -52.7. The van der Waals surface area contributed by atoms with Crippen LogP contribution in [0.5, 0.6) is 0 Å². The summed E-state index contributed by atoms with van der Waals surface area (Å²) in [6, 6.07) is 0. The Hall–Kier alpha value is -2.12. The maximum absolute atomic E-state index is 13.5. The predicted octanol–water partition coefficient (Wildman–Crippen LogP) is 7.05. The monoisotopic (exact) mass is 568 g/mol. The van der Waals surface area contributed by atoms with E-state index in [0.29, 0.717) is 0 Å². The van der Waals surface area contributed by atoms with E-state index in [1.165, 1.54) is 0 Å². The van der Waals surface area contributed by atoms with Crippen molar-refractivity contribution in [3.63, 3.8) is 0 Å². The number of rotatable bonds is 10. The molecule has 0 saturated carbocycles. The summed E-state index contributed by atoms with van der Waals surface area (Å²) in [7, 11) is 0. The van der Waals surface area contributed by atoms with Crippen molar-refractivity contribution in [1.29, 1.82) is 0 Å². The number of carboxylic acid groups (broad SMARTS) is 1.